The standard InChI is InChI=1S/C19H34/c1-3-12-19(2)13-6-9-18(19)17-11-10-15-7-4-5-8-16(15)14-17/h15-18H,3-14H2,1-2H3. The summed E-state index contributed by atoms with van der Waals surface area (Å²) in [5.74, 6) is 4.43. The van der Waals surface area contributed by atoms with Gasteiger partial charge in [0, 0.05) is 0 Å². The van der Waals surface area contributed by atoms with Gasteiger partial charge in [-0.05, 0) is 67.6 Å². The Morgan fingerprint density at radius 3 is 2.37 bits per heavy atom. The zero-order valence-corrected chi connectivity index (χ0v) is 13.3. The third-order valence-corrected chi connectivity index (χ3v) is 7.13. The first-order valence-electron chi connectivity index (χ1n) is 9.23. The molecule has 0 aromatic carbocycles. The van der Waals surface area contributed by atoms with Crippen LogP contribution in [0.1, 0.15) is 90.9 Å². The summed E-state index contributed by atoms with van der Waals surface area (Å²) in [7, 11) is 0. The average molecular weight is 262 g/mol. The predicted molar refractivity (Wildman–Crippen MR) is 83.1 cm³/mol. The number of hydrogen-bond acceptors (Lipinski definition) is 0. The summed E-state index contributed by atoms with van der Waals surface area (Å²) in [6.07, 6.45) is 18.4. The molecule has 5 atom stereocenters. The highest BCUT2D eigenvalue weighted by atomic mass is 14.5. The second kappa shape index (κ2) is 5.78. The molecular formula is C19H34. The molecule has 3 rings (SSSR count). The number of rotatable bonds is 3. The Balaban J connectivity index is 1.65. The Morgan fingerprint density at radius 1 is 0.842 bits per heavy atom. The van der Waals surface area contributed by atoms with Crippen LogP contribution < -0.4 is 0 Å². The maximum Gasteiger partial charge on any atom is -0.0295 e. The quantitative estimate of drug-likeness (QED) is 0.568. The van der Waals surface area contributed by atoms with Crippen molar-refractivity contribution in [2.75, 3.05) is 0 Å². The first-order chi connectivity index (χ1) is 9.23. The summed E-state index contributed by atoms with van der Waals surface area (Å²) >= 11 is 0. The van der Waals surface area contributed by atoms with E-state index in [1.165, 1.54) is 38.5 Å². The Bertz CT molecular complexity index is 294. The van der Waals surface area contributed by atoms with Gasteiger partial charge in [-0.1, -0.05) is 52.4 Å². The molecule has 0 heteroatoms. The molecule has 0 nitrogen and oxygen atoms in total. The molecule has 0 amide bonds. The third-order valence-electron chi connectivity index (χ3n) is 7.13. The lowest BCUT2D eigenvalue weighted by Crippen LogP contribution is -2.35. The van der Waals surface area contributed by atoms with Gasteiger partial charge in [0.05, 0.1) is 0 Å². The summed E-state index contributed by atoms with van der Waals surface area (Å²) in [6, 6.07) is 0. The van der Waals surface area contributed by atoms with Crippen LogP contribution >= 0.6 is 0 Å². The van der Waals surface area contributed by atoms with Gasteiger partial charge in [0.2, 0.25) is 0 Å². The van der Waals surface area contributed by atoms with Crippen LogP contribution in [-0.2, 0) is 0 Å². The minimum atomic E-state index is 0.709. The molecule has 0 aromatic rings. The second-order valence-electron chi connectivity index (χ2n) is 8.28. The fourth-order valence-corrected chi connectivity index (χ4v) is 6.22. The van der Waals surface area contributed by atoms with E-state index in [2.05, 4.69) is 13.8 Å². The minimum Gasteiger partial charge on any atom is -0.0654 e. The molecule has 3 fully saturated rings. The van der Waals surface area contributed by atoms with Crippen LogP contribution in [-0.4, -0.2) is 0 Å². The maximum atomic E-state index is 2.63. The molecule has 0 aliphatic heterocycles. The van der Waals surface area contributed by atoms with E-state index in [1.807, 2.05) is 0 Å². The maximum absolute atomic E-state index is 2.63. The van der Waals surface area contributed by atoms with Crippen LogP contribution in [0.3, 0.4) is 0 Å². The van der Waals surface area contributed by atoms with Gasteiger partial charge in [0.1, 0.15) is 0 Å². The second-order valence-corrected chi connectivity index (χ2v) is 8.28. The lowest BCUT2D eigenvalue weighted by atomic mass is 9.60. The molecule has 19 heavy (non-hydrogen) atoms. The third kappa shape index (κ3) is 2.74. The van der Waals surface area contributed by atoms with Crippen LogP contribution in [0.2, 0.25) is 0 Å². The molecule has 0 heterocycles. The van der Waals surface area contributed by atoms with E-state index >= 15 is 0 Å². The van der Waals surface area contributed by atoms with Gasteiger partial charge in [-0.25, -0.2) is 0 Å². The molecule has 3 aliphatic carbocycles. The summed E-state index contributed by atoms with van der Waals surface area (Å²) < 4.78 is 0. The summed E-state index contributed by atoms with van der Waals surface area (Å²) in [5.41, 5.74) is 0.709. The van der Waals surface area contributed by atoms with Crippen molar-refractivity contribution in [3.8, 4) is 0 Å². The highest BCUT2D eigenvalue weighted by Crippen LogP contribution is 2.55. The van der Waals surface area contributed by atoms with E-state index in [0.29, 0.717) is 5.41 Å². The predicted octanol–water partition coefficient (Wildman–Crippen LogP) is 6.20. The largest absolute Gasteiger partial charge is 0.0654 e. The van der Waals surface area contributed by atoms with E-state index in [4.69, 9.17) is 0 Å². The number of hydrogen-bond donors (Lipinski definition) is 0. The van der Waals surface area contributed by atoms with Crippen LogP contribution in [0.25, 0.3) is 0 Å². The Kier molecular flexibility index (Phi) is 4.25. The zero-order chi connectivity index (χ0) is 13.3. The molecule has 0 aromatic heterocycles. The molecule has 0 N–H and O–H groups in total. The van der Waals surface area contributed by atoms with Crippen molar-refractivity contribution in [2.24, 2.45) is 29.1 Å². The van der Waals surface area contributed by atoms with Gasteiger partial charge in [-0.3, -0.25) is 0 Å². The topological polar surface area (TPSA) is 0 Å². The highest BCUT2D eigenvalue weighted by molar-refractivity contribution is 4.95. The van der Waals surface area contributed by atoms with Gasteiger partial charge in [0.25, 0.3) is 0 Å². The first-order valence-corrected chi connectivity index (χ1v) is 9.23. The normalized spacial score (nSPS) is 47.1. The van der Waals surface area contributed by atoms with Crippen molar-refractivity contribution in [1.82, 2.24) is 0 Å². The number of fused-ring (bicyclic) bond motifs is 1. The summed E-state index contributed by atoms with van der Waals surface area (Å²) in [4.78, 5) is 0. The van der Waals surface area contributed by atoms with Crippen molar-refractivity contribution >= 4 is 0 Å². The molecule has 0 radical (unpaired) electrons. The van der Waals surface area contributed by atoms with Gasteiger partial charge >= 0.3 is 0 Å². The highest BCUT2D eigenvalue weighted by Gasteiger charge is 2.44. The van der Waals surface area contributed by atoms with Crippen LogP contribution in [0.15, 0.2) is 0 Å². The van der Waals surface area contributed by atoms with Crippen molar-refractivity contribution in [1.29, 1.82) is 0 Å². The van der Waals surface area contributed by atoms with Gasteiger partial charge in [-0.2, -0.15) is 0 Å². The van der Waals surface area contributed by atoms with Crippen molar-refractivity contribution < 1.29 is 0 Å². The van der Waals surface area contributed by atoms with Gasteiger partial charge < -0.3 is 0 Å². The summed E-state index contributed by atoms with van der Waals surface area (Å²) in [5, 5.41) is 0. The zero-order valence-electron chi connectivity index (χ0n) is 13.3. The lowest BCUT2D eigenvalue weighted by Gasteiger charge is -2.45. The van der Waals surface area contributed by atoms with E-state index < -0.39 is 0 Å². The van der Waals surface area contributed by atoms with E-state index in [0.717, 1.165) is 23.7 Å². The first kappa shape index (κ1) is 14.0. The van der Waals surface area contributed by atoms with Crippen molar-refractivity contribution in [3.63, 3.8) is 0 Å². The molecule has 0 spiro atoms. The minimum absolute atomic E-state index is 0.709. The molecule has 3 aliphatic rings. The fourth-order valence-electron chi connectivity index (χ4n) is 6.22. The van der Waals surface area contributed by atoms with E-state index in [-0.39, 0.29) is 0 Å². The fraction of sp³-hybridized carbons (Fsp3) is 1.00. The molecule has 110 valence electrons. The van der Waals surface area contributed by atoms with Crippen LogP contribution in [0.4, 0.5) is 0 Å². The van der Waals surface area contributed by atoms with Crippen LogP contribution in [0, 0.1) is 29.1 Å². The lowest BCUT2D eigenvalue weighted by molar-refractivity contribution is 0.0531. The SMILES string of the molecule is CCCC1(C)CCCC1C1CCC2CCCCC2C1. The summed E-state index contributed by atoms with van der Waals surface area (Å²) in [6.45, 7) is 5.01. The van der Waals surface area contributed by atoms with Crippen LogP contribution in [0.5, 0.6) is 0 Å². The molecule has 0 saturated heterocycles. The smallest absolute Gasteiger partial charge is 0.0295 e. The van der Waals surface area contributed by atoms with E-state index in [1.54, 1.807) is 38.5 Å². The average Bonchev–Trinajstić information content (AvgIpc) is 2.80. The van der Waals surface area contributed by atoms with Crippen molar-refractivity contribution in [2.45, 2.75) is 90.9 Å². The van der Waals surface area contributed by atoms with Crippen molar-refractivity contribution in [3.05, 3.63) is 0 Å². The Hall–Kier alpha value is 0. The Labute approximate surface area is 120 Å². The van der Waals surface area contributed by atoms with E-state index in [9.17, 15) is 0 Å². The van der Waals surface area contributed by atoms with Gasteiger partial charge in [-0.15, -0.1) is 0 Å². The molecule has 5 unspecified atom stereocenters. The molecule has 0 bridgehead atoms. The Morgan fingerprint density at radius 2 is 1.58 bits per heavy atom. The van der Waals surface area contributed by atoms with Gasteiger partial charge in [0.15, 0.2) is 0 Å². The monoisotopic (exact) mass is 262 g/mol. The molecule has 3 saturated carbocycles. The molecular weight excluding hydrogens is 228 g/mol.